The maximum absolute atomic E-state index is 3.76. The van der Waals surface area contributed by atoms with E-state index in [1.165, 1.54) is 24.0 Å². The van der Waals surface area contributed by atoms with Gasteiger partial charge in [-0.25, -0.2) is 0 Å². The van der Waals surface area contributed by atoms with Gasteiger partial charge in [-0.1, -0.05) is 53.5 Å². The van der Waals surface area contributed by atoms with Crippen molar-refractivity contribution in [1.82, 2.24) is 0 Å². The topological polar surface area (TPSA) is 0 Å². The van der Waals surface area contributed by atoms with Crippen molar-refractivity contribution in [3.05, 3.63) is 35.4 Å². The number of rotatable bonds is 1. The third kappa shape index (κ3) is 1.20. The van der Waals surface area contributed by atoms with Crippen LogP contribution in [0.1, 0.15) is 29.3 Å². The number of fused-ring (bicyclic) bond motifs is 1. The molecule has 0 aromatic heterocycles. The number of halogens is 1. The van der Waals surface area contributed by atoms with E-state index in [9.17, 15) is 0 Å². The molecule has 1 aliphatic carbocycles. The van der Waals surface area contributed by atoms with Crippen LogP contribution in [0, 0.1) is 5.92 Å². The number of alkyl halides is 1. The van der Waals surface area contributed by atoms with Crippen molar-refractivity contribution in [2.45, 2.75) is 24.6 Å². The van der Waals surface area contributed by atoms with Gasteiger partial charge in [0.05, 0.1) is 0 Å². The van der Waals surface area contributed by atoms with Gasteiger partial charge in [0, 0.05) is 4.83 Å². The summed E-state index contributed by atoms with van der Waals surface area (Å²) >= 11 is 3.76. The SMILES string of the molecule is CCC1Cc2ccccc2C1Br. The monoisotopic (exact) mass is 224 g/mol. The Balaban J connectivity index is 2.35. The highest BCUT2D eigenvalue weighted by molar-refractivity contribution is 9.09. The van der Waals surface area contributed by atoms with Gasteiger partial charge in [-0.15, -0.1) is 0 Å². The number of hydrogen-bond acceptors (Lipinski definition) is 0. The van der Waals surface area contributed by atoms with Crippen LogP contribution in [0.2, 0.25) is 0 Å². The van der Waals surface area contributed by atoms with Gasteiger partial charge in [0.2, 0.25) is 0 Å². The molecule has 12 heavy (non-hydrogen) atoms. The van der Waals surface area contributed by atoms with Crippen LogP contribution >= 0.6 is 15.9 Å². The molecule has 0 aliphatic heterocycles. The van der Waals surface area contributed by atoms with Crippen molar-refractivity contribution < 1.29 is 0 Å². The molecule has 0 spiro atoms. The van der Waals surface area contributed by atoms with Crippen LogP contribution in [0.15, 0.2) is 24.3 Å². The van der Waals surface area contributed by atoms with E-state index in [0.29, 0.717) is 4.83 Å². The second-order valence-corrected chi connectivity index (χ2v) is 4.46. The zero-order chi connectivity index (χ0) is 8.55. The summed E-state index contributed by atoms with van der Waals surface area (Å²) < 4.78 is 0. The lowest BCUT2D eigenvalue weighted by atomic mass is 10.0. The molecule has 1 heteroatoms. The van der Waals surface area contributed by atoms with E-state index >= 15 is 0 Å². The molecule has 64 valence electrons. The predicted octanol–water partition coefficient (Wildman–Crippen LogP) is 3.70. The first-order valence-corrected chi connectivity index (χ1v) is 5.46. The van der Waals surface area contributed by atoms with Crippen molar-refractivity contribution in [3.63, 3.8) is 0 Å². The lowest BCUT2D eigenvalue weighted by molar-refractivity contribution is 0.539. The van der Waals surface area contributed by atoms with E-state index in [-0.39, 0.29) is 0 Å². The third-order valence-corrected chi connectivity index (χ3v) is 4.01. The Labute approximate surface area is 82.1 Å². The summed E-state index contributed by atoms with van der Waals surface area (Å²) in [5.74, 6) is 0.808. The van der Waals surface area contributed by atoms with Gasteiger partial charge in [0.1, 0.15) is 0 Å². The standard InChI is InChI=1S/C11H13Br/c1-2-8-7-9-5-3-4-6-10(9)11(8)12/h3-6,8,11H,2,7H2,1H3. The Hall–Kier alpha value is -0.300. The molecular weight excluding hydrogens is 212 g/mol. The summed E-state index contributed by atoms with van der Waals surface area (Å²) in [5, 5.41) is 0. The fourth-order valence-electron chi connectivity index (χ4n) is 1.98. The van der Waals surface area contributed by atoms with E-state index < -0.39 is 0 Å². The number of benzene rings is 1. The van der Waals surface area contributed by atoms with Crippen molar-refractivity contribution in [2.24, 2.45) is 5.92 Å². The zero-order valence-corrected chi connectivity index (χ0v) is 8.84. The Kier molecular flexibility index (Phi) is 2.22. The smallest absolute Gasteiger partial charge is 0.0429 e. The first-order chi connectivity index (χ1) is 5.83. The Morgan fingerprint density at radius 2 is 2.17 bits per heavy atom. The molecule has 1 aromatic rings. The second-order valence-electron chi connectivity index (χ2n) is 3.47. The third-order valence-electron chi connectivity index (χ3n) is 2.77. The van der Waals surface area contributed by atoms with Crippen LogP contribution in [-0.2, 0) is 6.42 Å². The molecule has 0 N–H and O–H groups in total. The minimum atomic E-state index is 0.596. The highest BCUT2D eigenvalue weighted by Crippen LogP contribution is 2.43. The lowest BCUT2D eigenvalue weighted by Gasteiger charge is -2.10. The Morgan fingerprint density at radius 1 is 1.42 bits per heavy atom. The van der Waals surface area contributed by atoms with Crippen LogP contribution in [0.25, 0.3) is 0 Å². The average molecular weight is 225 g/mol. The Bertz CT molecular complexity index is 280. The first-order valence-electron chi connectivity index (χ1n) is 4.54. The summed E-state index contributed by atoms with van der Waals surface area (Å²) in [5.41, 5.74) is 3.04. The molecule has 0 bridgehead atoms. The molecule has 0 heterocycles. The summed E-state index contributed by atoms with van der Waals surface area (Å²) in [4.78, 5) is 0.596. The van der Waals surface area contributed by atoms with Crippen LogP contribution < -0.4 is 0 Å². The molecule has 0 saturated heterocycles. The lowest BCUT2D eigenvalue weighted by Crippen LogP contribution is -1.98. The van der Waals surface area contributed by atoms with Gasteiger partial charge >= 0.3 is 0 Å². The minimum absolute atomic E-state index is 0.596. The molecular formula is C11H13Br. The molecule has 2 rings (SSSR count). The molecule has 0 radical (unpaired) electrons. The maximum atomic E-state index is 3.76. The number of hydrogen-bond donors (Lipinski definition) is 0. The van der Waals surface area contributed by atoms with Gasteiger partial charge in [0.25, 0.3) is 0 Å². The quantitative estimate of drug-likeness (QED) is 0.639. The molecule has 0 amide bonds. The van der Waals surface area contributed by atoms with Crippen molar-refractivity contribution in [2.75, 3.05) is 0 Å². The van der Waals surface area contributed by atoms with Crippen LogP contribution in [0.4, 0.5) is 0 Å². The summed E-state index contributed by atoms with van der Waals surface area (Å²) in [6, 6.07) is 8.76. The molecule has 2 atom stereocenters. The van der Waals surface area contributed by atoms with Crippen molar-refractivity contribution >= 4 is 15.9 Å². The highest BCUT2D eigenvalue weighted by atomic mass is 79.9. The average Bonchev–Trinajstić information content (AvgIpc) is 2.44. The second kappa shape index (κ2) is 3.21. The van der Waals surface area contributed by atoms with Gasteiger partial charge < -0.3 is 0 Å². The van der Waals surface area contributed by atoms with Gasteiger partial charge in [-0.2, -0.15) is 0 Å². The van der Waals surface area contributed by atoms with Gasteiger partial charge in [-0.05, 0) is 23.5 Å². The van der Waals surface area contributed by atoms with E-state index in [4.69, 9.17) is 0 Å². The minimum Gasteiger partial charge on any atom is -0.0836 e. The maximum Gasteiger partial charge on any atom is 0.0429 e. The van der Waals surface area contributed by atoms with Crippen LogP contribution in [0.5, 0.6) is 0 Å². The summed E-state index contributed by atoms with van der Waals surface area (Å²) in [6.45, 7) is 2.27. The molecule has 1 aromatic carbocycles. The normalized spacial score (nSPS) is 27.2. The molecule has 0 nitrogen and oxygen atoms in total. The van der Waals surface area contributed by atoms with E-state index in [1.54, 1.807) is 0 Å². The molecule has 1 aliphatic rings. The molecule has 0 fully saturated rings. The van der Waals surface area contributed by atoms with Gasteiger partial charge in [-0.3, -0.25) is 0 Å². The van der Waals surface area contributed by atoms with Gasteiger partial charge in [0.15, 0.2) is 0 Å². The predicted molar refractivity (Wildman–Crippen MR) is 55.6 cm³/mol. The molecule has 2 unspecified atom stereocenters. The Morgan fingerprint density at radius 3 is 2.83 bits per heavy atom. The summed E-state index contributed by atoms with van der Waals surface area (Å²) in [7, 11) is 0. The first kappa shape index (κ1) is 8.31. The van der Waals surface area contributed by atoms with E-state index in [0.717, 1.165) is 5.92 Å². The zero-order valence-electron chi connectivity index (χ0n) is 7.26. The molecule has 0 saturated carbocycles. The largest absolute Gasteiger partial charge is 0.0836 e. The fourth-order valence-corrected chi connectivity index (χ4v) is 2.99. The highest BCUT2D eigenvalue weighted by Gasteiger charge is 2.28. The fraction of sp³-hybridized carbons (Fsp3) is 0.455. The van der Waals surface area contributed by atoms with Crippen LogP contribution in [0.3, 0.4) is 0 Å². The van der Waals surface area contributed by atoms with E-state index in [2.05, 4.69) is 47.1 Å². The van der Waals surface area contributed by atoms with Crippen LogP contribution in [-0.4, -0.2) is 0 Å². The van der Waals surface area contributed by atoms with Crippen molar-refractivity contribution in [3.8, 4) is 0 Å². The van der Waals surface area contributed by atoms with Crippen molar-refractivity contribution in [1.29, 1.82) is 0 Å². The summed E-state index contributed by atoms with van der Waals surface area (Å²) in [6.07, 6.45) is 2.52. The van der Waals surface area contributed by atoms with E-state index in [1.807, 2.05) is 0 Å².